The average molecular weight is 264 g/mol. The first-order valence-corrected chi connectivity index (χ1v) is 7.61. The second-order valence-electron chi connectivity index (χ2n) is 4.69. The number of rotatable bonds is 3. The Morgan fingerprint density at radius 2 is 2.11 bits per heavy atom. The molecule has 3 nitrogen and oxygen atoms in total. The molecule has 1 fully saturated rings. The molecule has 0 aliphatic carbocycles. The van der Waals surface area contributed by atoms with Crippen molar-refractivity contribution in [1.29, 1.82) is 0 Å². The van der Waals surface area contributed by atoms with Gasteiger partial charge in [-0.2, -0.15) is 0 Å². The third kappa shape index (κ3) is 3.27. The fourth-order valence-corrected chi connectivity index (χ4v) is 2.64. The van der Waals surface area contributed by atoms with Crippen LogP contribution in [-0.2, 0) is 0 Å². The lowest BCUT2D eigenvalue weighted by molar-refractivity contribution is 0.0920. The molecule has 1 aromatic carbocycles. The number of piperidine rings is 1. The monoisotopic (exact) mass is 264 g/mol. The smallest absolute Gasteiger partial charge is 0.251 e. The van der Waals surface area contributed by atoms with Gasteiger partial charge in [0.15, 0.2) is 0 Å². The number of hydrogen-bond acceptors (Lipinski definition) is 3. The van der Waals surface area contributed by atoms with E-state index in [0.717, 1.165) is 24.9 Å². The van der Waals surface area contributed by atoms with Crippen LogP contribution in [0.4, 0.5) is 0 Å². The summed E-state index contributed by atoms with van der Waals surface area (Å²) in [6.45, 7) is 3.18. The molecule has 1 aliphatic rings. The number of carbonyl (C=O) groups excluding carboxylic acids is 1. The number of carbonyl (C=O) groups is 1. The molecule has 1 heterocycles. The van der Waals surface area contributed by atoms with E-state index in [4.69, 9.17) is 0 Å². The fourth-order valence-electron chi connectivity index (χ4n) is 2.24. The van der Waals surface area contributed by atoms with E-state index in [0.29, 0.717) is 6.04 Å². The molecule has 98 valence electrons. The molecule has 1 aliphatic heterocycles. The van der Waals surface area contributed by atoms with Crippen LogP contribution in [0.1, 0.15) is 30.1 Å². The Kier molecular flexibility index (Phi) is 4.66. The summed E-state index contributed by atoms with van der Waals surface area (Å²) in [5, 5.41) is 6.50. The van der Waals surface area contributed by atoms with E-state index in [2.05, 4.69) is 17.6 Å². The average Bonchev–Trinajstić information content (AvgIpc) is 2.41. The van der Waals surface area contributed by atoms with Gasteiger partial charge in [-0.1, -0.05) is 0 Å². The van der Waals surface area contributed by atoms with Gasteiger partial charge < -0.3 is 10.6 Å². The zero-order chi connectivity index (χ0) is 13.0. The Balaban J connectivity index is 1.97. The van der Waals surface area contributed by atoms with Crippen LogP contribution in [0, 0.1) is 0 Å². The molecule has 2 rings (SSSR count). The zero-order valence-electron chi connectivity index (χ0n) is 10.9. The largest absolute Gasteiger partial charge is 0.348 e. The molecule has 2 atom stereocenters. The molecule has 0 aromatic heterocycles. The van der Waals surface area contributed by atoms with Crippen molar-refractivity contribution >= 4 is 17.7 Å². The van der Waals surface area contributed by atoms with E-state index in [-0.39, 0.29) is 11.9 Å². The summed E-state index contributed by atoms with van der Waals surface area (Å²) in [6.07, 6.45) is 4.22. The van der Waals surface area contributed by atoms with Crippen LogP contribution in [0.5, 0.6) is 0 Å². The molecule has 1 aromatic rings. The molecular weight excluding hydrogens is 244 g/mol. The van der Waals surface area contributed by atoms with Crippen molar-refractivity contribution in [3.8, 4) is 0 Å². The molecule has 2 unspecified atom stereocenters. The van der Waals surface area contributed by atoms with Gasteiger partial charge in [-0.05, 0) is 56.8 Å². The quantitative estimate of drug-likeness (QED) is 0.823. The molecule has 0 spiro atoms. The highest BCUT2D eigenvalue weighted by atomic mass is 32.2. The second-order valence-corrected chi connectivity index (χ2v) is 5.57. The van der Waals surface area contributed by atoms with Crippen molar-refractivity contribution in [3.05, 3.63) is 29.8 Å². The maximum atomic E-state index is 12.1. The van der Waals surface area contributed by atoms with Gasteiger partial charge >= 0.3 is 0 Å². The summed E-state index contributed by atoms with van der Waals surface area (Å²) in [7, 11) is 0. The summed E-state index contributed by atoms with van der Waals surface area (Å²) < 4.78 is 0. The van der Waals surface area contributed by atoms with Gasteiger partial charge in [0.05, 0.1) is 0 Å². The Morgan fingerprint density at radius 1 is 1.39 bits per heavy atom. The Morgan fingerprint density at radius 3 is 2.72 bits per heavy atom. The summed E-state index contributed by atoms with van der Waals surface area (Å²) in [6, 6.07) is 8.36. The SMILES string of the molecule is CSc1ccc(C(=O)NC2CCCNC2C)cc1. The van der Waals surface area contributed by atoms with Crippen LogP contribution in [0.25, 0.3) is 0 Å². The molecule has 0 bridgehead atoms. The summed E-state index contributed by atoms with van der Waals surface area (Å²) >= 11 is 1.68. The van der Waals surface area contributed by atoms with Gasteiger partial charge in [-0.3, -0.25) is 4.79 Å². The topological polar surface area (TPSA) is 41.1 Å². The summed E-state index contributed by atoms with van der Waals surface area (Å²) in [5.41, 5.74) is 0.741. The summed E-state index contributed by atoms with van der Waals surface area (Å²) in [5.74, 6) is 0.0307. The third-order valence-corrected chi connectivity index (χ3v) is 4.17. The highest BCUT2D eigenvalue weighted by Gasteiger charge is 2.22. The molecule has 1 saturated heterocycles. The van der Waals surface area contributed by atoms with Crippen LogP contribution in [0.15, 0.2) is 29.2 Å². The molecular formula is C14H20N2OS. The Labute approximate surface area is 113 Å². The van der Waals surface area contributed by atoms with Crippen molar-refractivity contribution in [1.82, 2.24) is 10.6 Å². The van der Waals surface area contributed by atoms with Crippen LogP contribution in [0.3, 0.4) is 0 Å². The van der Waals surface area contributed by atoms with Crippen molar-refractivity contribution in [2.75, 3.05) is 12.8 Å². The maximum Gasteiger partial charge on any atom is 0.251 e. The molecule has 18 heavy (non-hydrogen) atoms. The van der Waals surface area contributed by atoms with Gasteiger partial charge in [0.1, 0.15) is 0 Å². The number of hydrogen-bond donors (Lipinski definition) is 2. The highest BCUT2D eigenvalue weighted by molar-refractivity contribution is 7.98. The third-order valence-electron chi connectivity index (χ3n) is 3.43. The first-order valence-electron chi connectivity index (χ1n) is 6.39. The van der Waals surface area contributed by atoms with E-state index in [9.17, 15) is 4.79 Å². The van der Waals surface area contributed by atoms with Crippen molar-refractivity contribution in [2.45, 2.75) is 36.7 Å². The Bertz CT molecular complexity index is 405. The van der Waals surface area contributed by atoms with E-state index in [1.54, 1.807) is 11.8 Å². The molecule has 0 saturated carbocycles. The maximum absolute atomic E-state index is 12.1. The van der Waals surface area contributed by atoms with Crippen molar-refractivity contribution in [3.63, 3.8) is 0 Å². The predicted octanol–water partition coefficient (Wildman–Crippen LogP) is 2.28. The lowest BCUT2D eigenvalue weighted by Crippen LogP contribution is -2.51. The number of amides is 1. The van der Waals surface area contributed by atoms with E-state index in [1.165, 1.54) is 4.90 Å². The lowest BCUT2D eigenvalue weighted by atomic mass is 9.99. The van der Waals surface area contributed by atoms with Gasteiger partial charge in [0, 0.05) is 22.5 Å². The van der Waals surface area contributed by atoms with Gasteiger partial charge in [-0.25, -0.2) is 0 Å². The van der Waals surface area contributed by atoms with Crippen molar-refractivity contribution in [2.24, 2.45) is 0 Å². The molecule has 0 radical (unpaired) electrons. The molecule has 1 amide bonds. The lowest BCUT2D eigenvalue weighted by Gasteiger charge is -2.30. The van der Waals surface area contributed by atoms with Gasteiger partial charge in [0.2, 0.25) is 0 Å². The van der Waals surface area contributed by atoms with Gasteiger partial charge in [-0.15, -0.1) is 11.8 Å². The zero-order valence-corrected chi connectivity index (χ0v) is 11.7. The minimum Gasteiger partial charge on any atom is -0.348 e. The second kappa shape index (κ2) is 6.25. The molecule has 2 N–H and O–H groups in total. The van der Waals surface area contributed by atoms with E-state index in [1.807, 2.05) is 30.5 Å². The highest BCUT2D eigenvalue weighted by Crippen LogP contribution is 2.15. The van der Waals surface area contributed by atoms with E-state index < -0.39 is 0 Å². The predicted molar refractivity (Wildman–Crippen MR) is 76.2 cm³/mol. The minimum absolute atomic E-state index is 0.0307. The Hall–Kier alpha value is -1.00. The summed E-state index contributed by atoms with van der Waals surface area (Å²) in [4.78, 5) is 13.3. The standard InChI is InChI=1S/C14H20N2OS/c1-10-13(4-3-9-15-10)16-14(17)11-5-7-12(18-2)8-6-11/h5-8,10,13,15H,3-4,9H2,1-2H3,(H,16,17). The van der Waals surface area contributed by atoms with Gasteiger partial charge in [0.25, 0.3) is 5.91 Å². The number of benzene rings is 1. The number of thioether (sulfide) groups is 1. The van der Waals surface area contributed by atoms with Crippen LogP contribution < -0.4 is 10.6 Å². The number of nitrogens with one attached hydrogen (secondary N) is 2. The van der Waals surface area contributed by atoms with Crippen LogP contribution in [0.2, 0.25) is 0 Å². The minimum atomic E-state index is 0.0307. The van der Waals surface area contributed by atoms with Crippen LogP contribution >= 0.6 is 11.8 Å². The van der Waals surface area contributed by atoms with Crippen molar-refractivity contribution < 1.29 is 4.79 Å². The fraction of sp³-hybridized carbons (Fsp3) is 0.500. The first kappa shape index (κ1) is 13.4. The molecule has 4 heteroatoms. The first-order chi connectivity index (χ1) is 8.70. The van der Waals surface area contributed by atoms with Crippen LogP contribution in [-0.4, -0.2) is 30.8 Å². The van der Waals surface area contributed by atoms with E-state index >= 15 is 0 Å². The normalized spacial score (nSPS) is 23.7.